The zero-order chi connectivity index (χ0) is 20.4. The predicted molar refractivity (Wildman–Crippen MR) is 127 cm³/mol. The monoisotopic (exact) mass is 602 g/mol. The highest BCUT2D eigenvalue weighted by atomic mass is 127. The number of rotatable bonds is 8. The van der Waals surface area contributed by atoms with E-state index in [9.17, 15) is 4.79 Å². The summed E-state index contributed by atoms with van der Waals surface area (Å²) in [5.74, 6) is 5.89. The van der Waals surface area contributed by atoms with Gasteiger partial charge in [0.25, 0.3) is 0 Å². The summed E-state index contributed by atoms with van der Waals surface area (Å²) in [7, 11) is 0. The molecule has 0 aliphatic heterocycles. The molecule has 0 aliphatic carbocycles. The van der Waals surface area contributed by atoms with Crippen LogP contribution >= 0.6 is 45.2 Å². The van der Waals surface area contributed by atoms with Gasteiger partial charge in [0.1, 0.15) is 12.4 Å². The minimum Gasteiger partial charge on any atom is -0.490 e. The lowest BCUT2D eigenvalue weighted by Crippen LogP contribution is -2.26. The molecule has 0 radical (unpaired) electrons. The number of allylic oxidation sites excluding steroid dienone is 1. The summed E-state index contributed by atoms with van der Waals surface area (Å²) < 4.78 is 13.2. The molecule has 0 aliphatic rings. The van der Waals surface area contributed by atoms with Crippen LogP contribution in [0.1, 0.15) is 18.1 Å². The maximum Gasteiger partial charge on any atom is 0.333 e. The summed E-state index contributed by atoms with van der Waals surface area (Å²) in [5, 5.41) is 9.14. The van der Waals surface area contributed by atoms with Crippen molar-refractivity contribution in [3.05, 3.63) is 72.9 Å². The number of halogens is 2. The van der Waals surface area contributed by atoms with Crippen LogP contribution < -0.4 is 4.74 Å². The van der Waals surface area contributed by atoms with E-state index in [1.807, 2.05) is 42.5 Å². The van der Waals surface area contributed by atoms with E-state index in [-0.39, 0.29) is 0 Å². The second kappa shape index (κ2) is 12.1. The number of carbonyl (C=O) groups is 1. The fourth-order valence-corrected chi connectivity index (χ4v) is 4.29. The standard InChI is InChI=1S/C22H20I2O4/c1-2-27-21(22(25)26)14-16-7-9-20(10-8-16)28-11-5-3-4-6-17-12-18(23)15-19(24)13-17/h3,5,7-10,12-13,15,21H,2,11,14H2,1H3,(H,25,26)/b5-3+/t21-/m0/s1. The normalized spacial score (nSPS) is 11.7. The Morgan fingerprint density at radius 2 is 1.86 bits per heavy atom. The third-order valence-corrected chi connectivity index (χ3v) is 4.86. The lowest BCUT2D eigenvalue weighted by Gasteiger charge is -2.12. The van der Waals surface area contributed by atoms with Gasteiger partial charge in [0.05, 0.1) is 0 Å². The van der Waals surface area contributed by atoms with Crippen molar-refractivity contribution in [3.63, 3.8) is 0 Å². The number of hydrogen-bond donors (Lipinski definition) is 1. The van der Waals surface area contributed by atoms with Crippen LogP contribution in [0.4, 0.5) is 0 Å². The smallest absolute Gasteiger partial charge is 0.333 e. The second-order valence-corrected chi connectivity index (χ2v) is 8.26. The molecule has 1 atom stereocenters. The fraction of sp³-hybridized carbons (Fsp3) is 0.227. The summed E-state index contributed by atoms with van der Waals surface area (Å²) in [4.78, 5) is 11.1. The summed E-state index contributed by atoms with van der Waals surface area (Å²) in [6.45, 7) is 2.57. The first-order valence-corrected chi connectivity index (χ1v) is 10.8. The molecule has 0 spiro atoms. The highest BCUT2D eigenvalue weighted by molar-refractivity contribution is 14.1. The van der Waals surface area contributed by atoms with Gasteiger partial charge in [-0.25, -0.2) is 4.79 Å². The van der Waals surface area contributed by atoms with Gasteiger partial charge in [0.2, 0.25) is 0 Å². The Labute approximate surface area is 192 Å². The van der Waals surface area contributed by atoms with Crippen molar-refractivity contribution in [2.24, 2.45) is 0 Å². The van der Waals surface area contributed by atoms with Crippen molar-refractivity contribution >= 4 is 51.2 Å². The van der Waals surface area contributed by atoms with Crippen LogP contribution in [-0.2, 0) is 16.0 Å². The molecule has 0 heterocycles. The van der Waals surface area contributed by atoms with Gasteiger partial charge in [-0.05, 0) is 100 Å². The molecular formula is C22H20I2O4. The number of carboxylic acids is 1. The van der Waals surface area contributed by atoms with E-state index >= 15 is 0 Å². The number of ether oxygens (including phenoxy) is 2. The Kier molecular flexibility index (Phi) is 9.81. The molecule has 0 saturated carbocycles. The average Bonchev–Trinajstić information content (AvgIpc) is 2.64. The zero-order valence-corrected chi connectivity index (χ0v) is 19.6. The Balaban J connectivity index is 1.82. The molecule has 28 heavy (non-hydrogen) atoms. The highest BCUT2D eigenvalue weighted by Crippen LogP contribution is 2.15. The van der Waals surface area contributed by atoms with Crippen LogP contribution in [-0.4, -0.2) is 30.4 Å². The quantitative estimate of drug-likeness (QED) is 0.345. The summed E-state index contributed by atoms with van der Waals surface area (Å²) in [6.07, 6.45) is 3.14. The van der Waals surface area contributed by atoms with Crippen molar-refractivity contribution in [2.45, 2.75) is 19.4 Å². The topological polar surface area (TPSA) is 55.8 Å². The van der Waals surface area contributed by atoms with E-state index in [4.69, 9.17) is 14.6 Å². The number of hydrogen-bond acceptors (Lipinski definition) is 3. The maximum atomic E-state index is 11.1. The van der Waals surface area contributed by atoms with Crippen LogP contribution in [0.2, 0.25) is 0 Å². The summed E-state index contributed by atoms with van der Waals surface area (Å²) in [5.41, 5.74) is 1.88. The van der Waals surface area contributed by atoms with Crippen LogP contribution in [0.25, 0.3) is 0 Å². The molecule has 2 rings (SSSR count). The molecule has 0 amide bonds. The van der Waals surface area contributed by atoms with Gasteiger partial charge in [0.15, 0.2) is 6.10 Å². The molecule has 0 aromatic heterocycles. The molecule has 4 nitrogen and oxygen atoms in total. The third kappa shape index (κ3) is 8.20. The van der Waals surface area contributed by atoms with Crippen molar-refractivity contribution in [3.8, 4) is 17.6 Å². The minimum atomic E-state index is -0.951. The summed E-state index contributed by atoms with van der Waals surface area (Å²) >= 11 is 4.56. The molecule has 0 saturated heterocycles. The highest BCUT2D eigenvalue weighted by Gasteiger charge is 2.17. The van der Waals surface area contributed by atoms with Crippen molar-refractivity contribution < 1.29 is 19.4 Å². The van der Waals surface area contributed by atoms with Crippen LogP contribution in [0.5, 0.6) is 5.75 Å². The molecule has 0 bridgehead atoms. The van der Waals surface area contributed by atoms with Gasteiger partial charge >= 0.3 is 5.97 Å². The molecule has 0 fully saturated rings. The number of benzene rings is 2. The Hall–Kier alpha value is -1.57. The van der Waals surface area contributed by atoms with Crippen LogP contribution in [0, 0.1) is 19.0 Å². The van der Waals surface area contributed by atoms with Crippen LogP contribution in [0.3, 0.4) is 0 Å². The van der Waals surface area contributed by atoms with E-state index in [1.165, 1.54) is 7.14 Å². The molecule has 2 aromatic rings. The lowest BCUT2D eigenvalue weighted by molar-refractivity contribution is -0.149. The first kappa shape index (κ1) is 22.7. The van der Waals surface area contributed by atoms with E-state index in [2.05, 4.69) is 63.1 Å². The van der Waals surface area contributed by atoms with Gasteiger partial charge in [-0.15, -0.1) is 0 Å². The minimum absolute atomic E-state index is 0.330. The van der Waals surface area contributed by atoms with Gasteiger partial charge in [-0.2, -0.15) is 0 Å². The predicted octanol–water partition coefficient (Wildman–Crippen LogP) is 4.91. The molecule has 2 aromatic carbocycles. The van der Waals surface area contributed by atoms with Gasteiger partial charge in [-0.1, -0.05) is 24.0 Å². The first-order chi connectivity index (χ1) is 13.5. The molecular weight excluding hydrogens is 582 g/mol. The second-order valence-electron chi connectivity index (χ2n) is 5.77. The average molecular weight is 602 g/mol. The van der Waals surface area contributed by atoms with E-state index in [0.29, 0.717) is 19.6 Å². The van der Waals surface area contributed by atoms with Crippen molar-refractivity contribution in [1.29, 1.82) is 0 Å². The van der Waals surface area contributed by atoms with Gasteiger partial charge in [0, 0.05) is 25.7 Å². The Morgan fingerprint density at radius 3 is 2.46 bits per heavy atom. The van der Waals surface area contributed by atoms with Gasteiger partial charge < -0.3 is 14.6 Å². The molecule has 146 valence electrons. The SMILES string of the molecule is CCO[C@@H](Cc1ccc(OC/C=C/C#Cc2cc(I)cc(I)c2)cc1)C(=O)O. The Bertz CT molecular complexity index is 859. The fourth-order valence-electron chi connectivity index (χ4n) is 2.36. The van der Waals surface area contributed by atoms with E-state index < -0.39 is 12.1 Å². The van der Waals surface area contributed by atoms with E-state index in [0.717, 1.165) is 16.9 Å². The third-order valence-electron chi connectivity index (χ3n) is 3.61. The largest absolute Gasteiger partial charge is 0.490 e. The number of aliphatic carboxylic acids is 1. The Morgan fingerprint density at radius 1 is 1.18 bits per heavy atom. The lowest BCUT2D eigenvalue weighted by atomic mass is 10.1. The molecule has 0 unspecified atom stereocenters. The maximum absolute atomic E-state index is 11.1. The number of carboxylic acid groups (broad SMARTS) is 1. The van der Waals surface area contributed by atoms with Crippen molar-refractivity contribution in [1.82, 2.24) is 0 Å². The van der Waals surface area contributed by atoms with Crippen molar-refractivity contribution in [2.75, 3.05) is 13.2 Å². The molecule has 1 N–H and O–H groups in total. The first-order valence-electron chi connectivity index (χ1n) is 8.66. The zero-order valence-electron chi connectivity index (χ0n) is 15.3. The summed E-state index contributed by atoms with van der Waals surface area (Å²) in [6, 6.07) is 13.5. The van der Waals surface area contributed by atoms with Gasteiger partial charge in [-0.3, -0.25) is 0 Å². The molecule has 6 heteroatoms. The van der Waals surface area contributed by atoms with Crippen LogP contribution in [0.15, 0.2) is 54.6 Å². The van der Waals surface area contributed by atoms with E-state index in [1.54, 1.807) is 13.0 Å².